The van der Waals surface area contributed by atoms with Crippen molar-refractivity contribution in [3.8, 4) is 0 Å². The van der Waals surface area contributed by atoms with Gasteiger partial charge in [-0.2, -0.15) is 11.8 Å². The molecule has 0 spiro atoms. The average Bonchev–Trinajstić information content (AvgIpc) is 1.82. The third-order valence-corrected chi connectivity index (χ3v) is 30.0. The van der Waals surface area contributed by atoms with Crippen LogP contribution < -0.4 is 0 Å². The molecule has 7 aromatic rings. The quantitative estimate of drug-likeness (QED) is 0.0502. The number of amides is 2. The second-order valence-corrected chi connectivity index (χ2v) is 53.3. The smallest absolute Gasteiger partial charge is 0.225 e. The van der Waals surface area contributed by atoms with Crippen LogP contribution in [0.5, 0.6) is 0 Å². The summed E-state index contributed by atoms with van der Waals surface area (Å²) >= 11 is 2.03. The Morgan fingerprint density at radius 3 is 0.929 bits per heavy atom. The lowest BCUT2D eigenvalue weighted by Crippen LogP contribution is -2.49. The van der Waals surface area contributed by atoms with Crippen LogP contribution in [0.25, 0.3) is 0 Å². The molecule has 7 aliphatic rings. The zero-order valence-corrected chi connectivity index (χ0v) is 94.2. The standard InChI is InChI=1S/C18H31N3O.C18H29N3O.C16H27N3S.C16H26N2O.C15H25N3O2S.C15H23N3O.C15H24N2O/c1-17(2,3)16-11-15(19-13-20-16)10-14-6-8-21(9-7-14)12-18(4,5)22;1-18(2,3)16-11-15(19-12-20-16)10-13-6-8-14(9-7-13)17(22)21(4)5;1-5-20-7-6-19-10-13(11-19)8-14-9-15(16(2,3)4)18-12-17-14;1-16(2,3)15-10-13(17-11-18-15)9-12-5-7-14(19-4)8-6-12;1-15(2,3)14-8-13(16-11-17-14)7-12-9-18(10-12)5-6-21(4,19)20;1-11(19)18-6-5-12(9-18)7-13-8-14(15(2,3)4)17-10-16-13;1-15(2,3)14-9-12(16-10-17-14)8-11-4-6-13(18)7-5-11/h11,13-14,22H,6-10,12H2,1-5H3;11-14H,6-10H2,1-5H3;9,12-13H,5-8,10-11H2,1-4H3;10-12,14H,5-9H2,1-4H3;8,11-12H,5-7,9-10H2,1-4H3;8,10,12H,5-7,9H2,1-4H3;9-11,13,18H,4-8H2,1-3H3/t;;;;;12-;/m.....1./s1. The van der Waals surface area contributed by atoms with Gasteiger partial charge in [0.2, 0.25) is 11.8 Å². The number of methoxy groups -OCH3 is 1. The molecule has 26 nitrogen and oxygen atoms in total. The first-order valence-corrected chi connectivity index (χ1v) is 56.1. The number of hydrogen-bond donors (Lipinski definition) is 2. The van der Waals surface area contributed by atoms with Crippen LogP contribution in [0, 0.1) is 47.3 Å². The van der Waals surface area contributed by atoms with Gasteiger partial charge in [-0.1, -0.05) is 152 Å². The molecule has 2 N–H and O–H groups in total. The van der Waals surface area contributed by atoms with Crippen molar-refractivity contribution >= 4 is 33.4 Å². The lowest BCUT2D eigenvalue weighted by molar-refractivity contribution is -0.134. The Hall–Kier alpha value is -7.44. The number of hydrogen-bond acceptors (Lipinski definition) is 25. The first-order valence-electron chi connectivity index (χ1n) is 52.8. The number of aliphatic hydroxyl groups excluding tert-OH is 1. The van der Waals surface area contributed by atoms with Crippen LogP contribution in [0.3, 0.4) is 0 Å². The number of aliphatic hydroxyl groups is 2. The highest BCUT2D eigenvalue weighted by Gasteiger charge is 2.35. The topological polar surface area (TPSA) is 315 Å². The summed E-state index contributed by atoms with van der Waals surface area (Å²) in [5.74, 6) is 8.11. The zero-order chi connectivity index (χ0) is 104. The first kappa shape index (κ1) is 119. The molecule has 14 rings (SSSR count). The van der Waals surface area contributed by atoms with Crippen molar-refractivity contribution in [2.24, 2.45) is 47.3 Å². The van der Waals surface area contributed by atoms with Crippen LogP contribution in [0.1, 0.15) is 349 Å². The summed E-state index contributed by atoms with van der Waals surface area (Å²) < 4.78 is 27.7. The van der Waals surface area contributed by atoms with E-state index >= 15 is 0 Å². The van der Waals surface area contributed by atoms with Crippen molar-refractivity contribution in [2.75, 3.05) is 117 Å². The molecule has 141 heavy (non-hydrogen) atoms. The Morgan fingerprint density at radius 1 is 0.383 bits per heavy atom. The second kappa shape index (κ2) is 54.3. The van der Waals surface area contributed by atoms with Gasteiger partial charge in [-0.3, -0.25) is 9.59 Å². The van der Waals surface area contributed by atoms with Gasteiger partial charge < -0.3 is 39.4 Å². The highest BCUT2D eigenvalue weighted by atomic mass is 32.2. The van der Waals surface area contributed by atoms with Crippen LogP contribution in [-0.2, 0) is 107 Å². The van der Waals surface area contributed by atoms with Crippen LogP contribution in [-0.4, -0.2) is 259 Å². The molecule has 7 fully saturated rings. The van der Waals surface area contributed by atoms with Crippen LogP contribution in [0.2, 0.25) is 0 Å². The highest BCUT2D eigenvalue weighted by Crippen LogP contribution is 2.37. The van der Waals surface area contributed by atoms with E-state index in [1.54, 1.807) is 56.1 Å². The molecule has 0 unspecified atom stereocenters. The summed E-state index contributed by atoms with van der Waals surface area (Å²) in [6.07, 6.45) is 37.4. The Kier molecular flexibility index (Phi) is 45.7. The Bertz CT molecular complexity index is 5000. The number of nitrogens with zero attached hydrogens (tertiary/aromatic N) is 19. The predicted molar refractivity (Wildman–Crippen MR) is 574 cm³/mol. The second-order valence-electron chi connectivity index (χ2n) is 49.7. The van der Waals surface area contributed by atoms with Crippen molar-refractivity contribution in [2.45, 2.75) is 370 Å². The minimum absolute atomic E-state index is 0.0405. The normalized spacial score (nSPS) is 20.6. The van der Waals surface area contributed by atoms with Crippen molar-refractivity contribution in [1.82, 2.24) is 94.3 Å². The molecular weight excluding hydrogens is 1800 g/mol. The largest absolute Gasteiger partial charge is 0.393 e. The molecular formula is C113H185N19O7S2. The molecule has 3 aliphatic carbocycles. The molecule has 3 saturated carbocycles. The summed E-state index contributed by atoms with van der Waals surface area (Å²) in [5, 5.41) is 19.4. The maximum Gasteiger partial charge on any atom is 0.225 e. The maximum absolute atomic E-state index is 12.0. The van der Waals surface area contributed by atoms with Crippen LogP contribution in [0.4, 0.5) is 0 Å². The van der Waals surface area contributed by atoms with E-state index in [-0.39, 0.29) is 67.5 Å². The molecule has 7 aromatic heterocycles. The van der Waals surface area contributed by atoms with Gasteiger partial charge in [0, 0.05) is 223 Å². The fourth-order valence-corrected chi connectivity index (χ4v) is 20.5. The van der Waals surface area contributed by atoms with Gasteiger partial charge in [0.1, 0.15) is 54.1 Å². The number of ether oxygens (including phenoxy) is 1. The molecule has 0 radical (unpaired) electrons. The number of aromatic nitrogens is 14. The van der Waals surface area contributed by atoms with Crippen molar-refractivity contribution in [3.63, 3.8) is 0 Å². The summed E-state index contributed by atoms with van der Waals surface area (Å²) in [7, 11) is 2.67. The third kappa shape index (κ3) is 43.6. The van der Waals surface area contributed by atoms with Crippen LogP contribution >= 0.6 is 11.8 Å². The molecule has 2 amide bonds. The molecule has 0 aromatic carbocycles. The number of carbonyl (C=O) groups excluding carboxylic acids is 2. The summed E-state index contributed by atoms with van der Waals surface area (Å²) in [6.45, 7) is 64.3. The van der Waals surface area contributed by atoms with E-state index in [9.17, 15) is 28.2 Å². The number of piperidine rings is 1. The summed E-state index contributed by atoms with van der Waals surface area (Å²) in [5.41, 5.74) is 15.8. The minimum Gasteiger partial charge on any atom is -0.393 e. The van der Waals surface area contributed by atoms with Gasteiger partial charge in [-0.15, -0.1) is 0 Å². The Balaban J connectivity index is 0.000000202. The van der Waals surface area contributed by atoms with E-state index in [2.05, 4.69) is 279 Å². The molecule has 1 atom stereocenters. The first-order chi connectivity index (χ1) is 65.8. The third-order valence-electron chi connectivity index (χ3n) is 28.2. The number of rotatable bonds is 25. The number of sulfone groups is 1. The predicted octanol–water partition coefficient (Wildman–Crippen LogP) is 18.9. The minimum atomic E-state index is -2.86. The van der Waals surface area contributed by atoms with E-state index < -0.39 is 15.4 Å². The lowest BCUT2D eigenvalue weighted by atomic mass is 9.79. The lowest BCUT2D eigenvalue weighted by Gasteiger charge is -2.39. The Labute approximate surface area is 855 Å². The SMILES string of the molecule is CC(=O)N1CC[C@H](Cc2cc(C(C)(C)C)ncn2)C1.CC(C)(C)c1cc(CC2CCC(O)CC2)ncn1.CC(C)(C)c1cc(CC2CN(CCS(C)(=O)=O)C2)ncn1.CC(C)(O)CN1CCC(Cc2cc(C(C)(C)C)ncn2)CC1.CCSCCN1CC(Cc2cc(C(C)(C)C)ncn2)C1.CN(C)C(=O)C1CCC(Cc2cc(C(C)(C)C)ncn2)CC1.COC1CCC(Cc2cc(C(C)(C)C)ncn2)CC1. The summed E-state index contributed by atoms with van der Waals surface area (Å²) in [6, 6.07) is 15.0. The average molecular weight is 1990 g/mol. The van der Waals surface area contributed by atoms with Gasteiger partial charge in [0.15, 0.2) is 0 Å². The van der Waals surface area contributed by atoms with Gasteiger partial charge in [0.05, 0.1) is 23.6 Å². The van der Waals surface area contributed by atoms with Crippen molar-refractivity contribution in [3.05, 3.63) is 166 Å². The number of likely N-dealkylation sites (tertiary alicyclic amines) is 4. The number of carbonyl (C=O) groups is 2. The van der Waals surface area contributed by atoms with Crippen molar-refractivity contribution < 1.29 is 33.0 Å². The highest BCUT2D eigenvalue weighted by molar-refractivity contribution is 7.99. The molecule has 786 valence electrons. The number of thioether (sulfide) groups is 1. The Morgan fingerprint density at radius 2 is 0.660 bits per heavy atom. The molecule has 11 heterocycles. The van der Waals surface area contributed by atoms with E-state index in [4.69, 9.17) is 4.74 Å². The summed E-state index contributed by atoms with van der Waals surface area (Å²) in [4.78, 5) is 95.7. The van der Waals surface area contributed by atoms with E-state index in [1.807, 2.05) is 51.7 Å². The molecule has 0 bridgehead atoms. The maximum atomic E-state index is 12.0. The molecule has 4 saturated heterocycles. The van der Waals surface area contributed by atoms with Gasteiger partial charge in [-0.05, 0) is 258 Å². The van der Waals surface area contributed by atoms with E-state index in [1.165, 1.54) is 93.0 Å². The zero-order valence-electron chi connectivity index (χ0n) is 92.6. The number of β-amino-alcohol motifs (C(OH)–C–C–N with tert-alkyl or cyclic N) is 1. The van der Waals surface area contributed by atoms with Gasteiger partial charge in [-0.25, -0.2) is 78.2 Å². The van der Waals surface area contributed by atoms with Gasteiger partial charge in [0.25, 0.3) is 0 Å². The molecule has 28 heteroatoms. The van der Waals surface area contributed by atoms with E-state index in [0.717, 1.165) is 223 Å². The fourth-order valence-electron chi connectivity index (χ4n) is 19.2. The van der Waals surface area contributed by atoms with Gasteiger partial charge >= 0.3 is 0 Å². The monoisotopic (exact) mass is 1980 g/mol. The molecule has 4 aliphatic heterocycles. The van der Waals surface area contributed by atoms with Crippen LogP contribution in [0.15, 0.2) is 86.8 Å². The fraction of sp³-hybridized carbons (Fsp3) is 0.735. The van der Waals surface area contributed by atoms with E-state index in [0.29, 0.717) is 42.2 Å². The van der Waals surface area contributed by atoms with Crippen molar-refractivity contribution in [1.29, 1.82) is 0 Å².